The van der Waals surface area contributed by atoms with Crippen LogP contribution in [-0.2, 0) is 9.09 Å². The molecule has 0 radical (unpaired) electrons. The molecule has 0 aliphatic heterocycles. The van der Waals surface area contributed by atoms with Gasteiger partial charge in [-0.2, -0.15) is 0 Å². The van der Waals surface area contributed by atoms with Gasteiger partial charge in [-0.1, -0.05) is 19.8 Å². The van der Waals surface area contributed by atoms with Crippen molar-refractivity contribution in [3.8, 4) is 0 Å². The minimum Gasteiger partial charge on any atom is -0.756 e. The Kier molecular flexibility index (Phi) is 7.38. The molecule has 0 aromatic rings. The third-order valence-electron chi connectivity index (χ3n) is 4.50. The summed E-state index contributed by atoms with van der Waals surface area (Å²) < 4.78 is 16.9. The zero-order valence-electron chi connectivity index (χ0n) is 14.4. The Morgan fingerprint density at radius 2 is 2.00 bits per heavy atom. The van der Waals surface area contributed by atoms with Crippen LogP contribution in [0.3, 0.4) is 0 Å². The van der Waals surface area contributed by atoms with E-state index in [4.69, 9.17) is 21.0 Å². The molecule has 0 saturated heterocycles. The number of quaternary nitrogens is 1. The van der Waals surface area contributed by atoms with Crippen molar-refractivity contribution in [1.29, 1.82) is 0 Å². The van der Waals surface area contributed by atoms with E-state index in [1.54, 1.807) is 0 Å². The molecule has 0 aromatic carbocycles. The van der Waals surface area contributed by atoms with Crippen molar-refractivity contribution in [2.45, 2.75) is 51.0 Å². The second-order valence-corrected chi connectivity index (χ2v) is 9.81. The van der Waals surface area contributed by atoms with Gasteiger partial charge in [0.25, 0.3) is 7.82 Å². The molecule has 7 heteroatoms. The standard InChI is InChI=1S/C15H31ClNO4P/c1-11-6-7-13(8-12(2)16)9-14(11)15(10-17(3,4)5)21-22(18,19)20/h11-15H,6-10H2,1-5H3,(H-,18,19,20). The second kappa shape index (κ2) is 7.96. The highest BCUT2D eigenvalue weighted by molar-refractivity contribution is 7.44. The summed E-state index contributed by atoms with van der Waals surface area (Å²) in [7, 11) is 1.25. The number of halogens is 1. The summed E-state index contributed by atoms with van der Waals surface area (Å²) in [5.41, 5.74) is 0. The summed E-state index contributed by atoms with van der Waals surface area (Å²) >= 11 is 6.12. The van der Waals surface area contributed by atoms with Crippen LogP contribution in [0.1, 0.15) is 39.5 Å². The molecule has 1 aliphatic carbocycles. The first-order valence-corrected chi connectivity index (χ1v) is 9.97. The third-order valence-corrected chi connectivity index (χ3v) is 5.21. The highest BCUT2D eigenvalue weighted by Crippen LogP contribution is 2.43. The van der Waals surface area contributed by atoms with E-state index < -0.39 is 13.9 Å². The van der Waals surface area contributed by atoms with Gasteiger partial charge in [0.05, 0.1) is 21.1 Å². The van der Waals surface area contributed by atoms with E-state index in [0.717, 1.165) is 25.7 Å². The lowest BCUT2D eigenvalue weighted by Crippen LogP contribution is -2.47. The number of hydrogen-bond donors (Lipinski definition) is 1. The molecule has 1 rings (SSSR count). The van der Waals surface area contributed by atoms with Gasteiger partial charge >= 0.3 is 0 Å². The maximum absolute atomic E-state index is 11.3. The molecular formula is C15H31ClNO4P. The van der Waals surface area contributed by atoms with Gasteiger partial charge in [0.1, 0.15) is 12.6 Å². The molecule has 0 amide bonds. The number of phosphoric acid groups is 1. The molecular weight excluding hydrogens is 325 g/mol. The largest absolute Gasteiger partial charge is 0.756 e. The quantitative estimate of drug-likeness (QED) is 0.433. The smallest absolute Gasteiger partial charge is 0.265 e. The van der Waals surface area contributed by atoms with Crippen LogP contribution in [-0.4, -0.2) is 48.5 Å². The van der Waals surface area contributed by atoms with E-state index in [1.807, 2.05) is 28.1 Å². The average Bonchev–Trinajstić information content (AvgIpc) is 2.26. The number of alkyl halides is 1. The molecule has 6 atom stereocenters. The molecule has 5 nitrogen and oxygen atoms in total. The number of hydrogen-bond acceptors (Lipinski definition) is 3. The summed E-state index contributed by atoms with van der Waals surface area (Å²) in [4.78, 5) is 20.4. The van der Waals surface area contributed by atoms with Crippen molar-refractivity contribution in [1.82, 2.24) is 0 Å². The third kappa shape index (κ3) is 7.76. The lowest BCUT2D eigenvalue weighted by molar-refractivity contribution is -0.873. The first-order valence-electron chi connectivity index (χ1n) is 8.04. The first-order chi connectivity index (χ1) is 9.87. The predicted octanol–water partition coefficient (Wildman–Crippen LogP) is 2.61. The maximum Gasteiger partial charge on any atom is 0.265 e. The Morgan fingerprint density at radius 1 is 1.41 bits per heavy atom. The molecule has 1 fully saturated rings. The minimum atomic E-state index is -4.73. The van der Waals surface area contributed by atoms with E-state index in [2.05, 4.69) is 6.92 Å². The molecule has 0 spiro atoms. The van der Waals surface area contributed by atoms with Crippen molar-refractivity contribution in [3.63, 3.8) is 0 Å². The lowest BCUT2D eigenvalue weighted by atomic mass is 9.71. The zero-order chi connectivity index (χ0) is 17.1. The van der Waals surface area contributed by atoms with Gasteiger partial charge in [-0.25, -0.2) is 0 Å². The topological polar surface area (TPSA) is 69.6 Å². The monoisotopic (exact) mass is 355 g/mol. The van der Waals surface area contributed by atoms with Gasteiger partial charge in [0.2, 0.25) is 0 Å². The molecule has 6 unspecified atom stereocenters. The Morgan fingerprint density at radius 3 is 2.45 bits per heavy atom. The Labute approximate surface area is 139 Å². The predicted molar refractivity (Wildman–Crippen MR) is 87.5 cm³/mol. The molecule has 22 heavy (non-hydrogen) atoms. The van der Waals surface area contributed by atoms with E-state index >= 15 is 0 Å². The Bertz CT molecular complexity index is 393. The highest BCUT2D eigenvalue weighted by atomic mass is 35.5. The van der Waals surface area contributed by atoms with Crippen LogP contribution in [0.5, 0.6) is 0 Å². The first kappa shape index (κ1) is 20.4. The van der Waals surface area contributed by atoms with Crippen LogP contribution >= 0.6 is 19.4 Å². The molecule has 1 aliphatic rings. The van der Waals surface area contributed by atoms with E-state index in [-0.39, 0.29) is 11.3 Å². The van der Waals surface area contributed by atoms with Gasteiger partial charge in [-0.05, 0) is 37.5 Å². The van der Waals surface area contributed by atoms with Crippen LogP contribution in [0.15, 0.2) is 0 Å². The normalized spacial score (nSPS) is 32.3. The number of likely N-dealkylation sites (N-methyl/N-ethyl adjacent to an activating group) is 1. The Balaban J connectivity index is 2.86. The molecule has 1 N–H and O–H groups in total. The maximum atomic E-state index is 11.3. The van der Waals surface area contributed by atoms with E-state index in [1.165, 1.54) is 0 Å². The highest BCUT2D eigenvalue weighted by Gasteiger charge is 2.38. The van der Waals surface area contributed by atoms with Crippen molar-refractivity contribution in [2.75, 3.05) is 27.7 Å². The number of phosphoric ester groups is 1. The summed E-state index contributed by atoms with van der Waals surface area (Å²) in [5, 5.41) is 0.125. The minimum absolute atomic E-state index is 0.125. The fourth-order valence-electron chi connectivity index (χ4n) is 3.60. The molecule has 1 saturated carbocycles. The van der Waals surface area contributed by atoms with Crippen molar-refractivity contribution >= 4 is 19.4 Å². The van der Waals surface area contributed by atoms with E-state index in [9.17, 15) is 9.46 Å². The summed E-state index contributed by atoms with van der Waals surface area (Å²) in [6, 6.07) is 0. The van der Waals surface area contributed by atoms with Crippen molar-refractivity contribution < 1.29 is 23.4 Å². The van der Waals surface area contributed by atoms with Gasteiger partial charge in [0, 0.05) is 5.38 Å². The van der Waals surface area contributed by atoms with E-state index in [0.29, 0.717) is 22.9 Å². The molecule has 0 bridgehead atoms. The zero-order valence-corrected chi connectivity index (χ0v) is 16.0. The average molecular weight is 356 g/mol. The lowest BCUT2D eigenvalue weighted by Gasteiger charge is -2.42. The number of nitrogens with zero attached hydrogens (tertiary/aromatic N) is 1. The fraction of sp³-hybridized carbons (Fsp3) is 1.00. The molecule has 0 aromatic heterocycles. The fourth-order valence-corrected chi connectivity index (χ4v) is 4.41. The van der Waals surface area contributed by atoms with Crippen molar-refractivity contribution in [3.05, 3.63) is 0 Å². The van der Waals surface area contributed by atoms with Crippen LogP contribution in [0.4, 0.5) is 0 Å². The summed E-state index contributed by atoms with van der Waals surface area (Å²) in [6.45, 7) is 4.68. The van der Waals surface area contributed by atoms with Gasteiger partial charge < -0.3 is 18.8 Å². The Hall–Kier alpha value is 0.360. The molecule has 0 heterocycles. The van der Waals surface area contributed by atoms with Gasteiger partial charge in [0.15, 0.2) is 0 Å². The SMILES string of the molecule is CC(Cl)CC1CCC(C)C(C(C[N+](C)(C)C)OP(=O)([O-])O)C1. The van der Waals surface area contributed by atoms with Crippen LogP contribution in [0.2, 0.25) is 0 Å². The van der Waals surface area contributed by atoms with Crippen LogP contribution < -0.4 is 4.89 Å². The van der Waals surface area contributed by atoms with Gasteiger partial charge in [-0.3, -0.25) is 4.57 Å². The number of rotatable bonds is 7. The summed E-state index contributed by atoms with van der Waals surface area (Å²) in [6.07, 6.45) is 3.53. The van der Waals surface area contributed by atoms with Crippen LogP contribution in [0, 0.1) is 17.8 Å². The second-order valence-electron chi connectivity index (χ2n) is 7.92. The van der Waals surface area contributed by atoms with Gasteiger partial charge in [-0.15, -0.1) is 11.6 Å². The summed E-state index contributed by atoms with van der Waals surface area (Å²) in [5.74, 6) is 1.00. The van der Waals surface area contributed by atoms with Crippen LogP contribution in [0.25, 0.3) is 0 Å². The molecule has 132 valence electrons. The van der Waals surface area contributed by atoms with Crippen molar-refractivity contribution in [2.24, 2.45) is 17.8 Å².